The molecule has 4 nitrogen and oxygen atoms in total. The topological polar surface area (TPSA) is 42.4 Å². The second-order valence-corrected chi connectivity index (χ2v) is 5.54. The Balaban J connectivity index is 1.60. The highest BCUT2D eigenvalue weighted by Crippen LogP contribution is 2.25. The number of amides is 1. The zero-order valence-electron chi connectivity index (χ0n) is 10.8. The third kappa shape index (κ3) is 2.93. The molecule has 0 aliphatic carbocycles. The number of benzene rings is 1. The Bertz CT molecular complexity index is 577. The Morgan fingerprint density at radius 1 is 1.20 bits per heavy atom. The number of carbonyl (C=O) groups is 1. The molecule has 2 heterocycles. The number of carbonyl (C=O) groups excluding carboxylic acids is 1. The molecule has 3 rings (SSSR count). The van der Waals surface area contributed by atoms with Crippen LogP contribution in [0.3, 0.4) is 0 Å². The lowest BCUT2D eigenvalue weighted by Crippen LogP contribution is -2.24. The van der Waals surface area contributed by atoms with Crippen LogP contribution >= 0.6 is 11.8 Å². The van der Waals surface area contributed by atoms with Crippen molar-refractivity contribution in [2.75, 3.05) is 17.2 Å². The average molecular weight is 286 g/mol. The van der Waals surface area contributed by atoms with Gasteiger partial charge in [0.05, 0.1) is 6.54 Å². The minimum atomic E-state index is -0.267. The summed E-state index contributed by atoms with van der Waals surface area (Å²) >= 11 is 1.67. The molecule has 0 N–H and O–H groups in total. The predicted molar refractivity (Wildman–Crippen MR) is 79.0 cm³/mol. The quantitative estimate of drug-likeness (QED) is 0.809. The second-order valence-electron chi connectivity index (χ2n) is 4.45. The van der Waals surface area contributed by atoms with Crippen molar-refractivity contribution in [1.29, 1.82) is 0 Å². The Labute approximate surface area is 121 Å². The van der Waals surface area contributed by atoms with Crippen molar-refractivity contribution in [2.45, 2.75) is 11.0 Å². The van der Waals surface area contributed by atoms with Crippen molar-refractivity contribution in [3.8, 4) is 0 Å². The zero-order chi connectivity index (χ0) is 13.8. The van der Waals surface area contributed by atoms with Crippen LogP contribution in [0.2, 0.25) is 0 Å². The van der Waals surface area contributed by atoms with E-state index in [0.717, 1.165) is 16.3 Å². The summed E-state index contributed by atoms with van der Waals surface area (Å²) in [4.78, 5) is 18.7. The van der Waals surface area contributed by atoms with Crippen molar-refractivity contribution in [3.05, 3.63) is 54.9 Å². The van der Waals surface area contributed by atoms with Crippen LogP contribution in [0.25, 0.3) is 0 Å². The number of ether oxygens (including phenoxy) is 1. The normalized spacial score (nSPS) is 18.1. The van der Waals surface area contributed by atoms with Crippen molar-refractivity contribution in [1.82, 2.24) is 4.98 Å². The van der Waals surface area contributed by atoms with Gasteiger partial charge in [-0.15, -0.1) is 11.8 Å². The molecule has 0 radical (unpaired) electrons. The first-order valence-corrected chi connectivity index (χ1v) is 7.37. The molecule has 1 aromatic heterocycles. The molecule has 1 aliphatic heterocycles. The van der Waals surface area contributed by atoms with Crippen molar-refractivity contribution in [2.24, 2.45) is 0 Å². The van der Waals surface area contributed by atoms with Gasteiger partial charge >= 0.3 is 6.09 Å². The summed E-state index contributed by atoms with van der Waals surface area (Å²) in [5.41, 5.74) is 0.883. The van der Waals surface area contributed by atoms with Crippen LogP contribution in [0.15, 0.2) is 59.8 Å². The van der Waals surface area contributed by atoms with Crippen LogP contribution in [0.4, 0.5) is 10.5 Å². The van der Waals surface area contributed by atoms with E-state index in [2.05, 4.69) is 4.98 Å². The smallest absolute Gasteiger partial charge is 0.414 e. The van der Waals surface area contributed by atoms with E-state index in [4.69, 9.17) is 4.74 Å². The standard InChI is InChI=1S/C15H14N2O2S/c18-15-17(12-4-2-1-3-5-12)10-13(19-15)11-20-14-6-8-16-9-7-14/h1-9,13H,10-11H2/t13-/m0/s1. The lowest BCUT2D eigenvalue weighted by Gasteiger charge is -2.12. The van der Waals surface area contributed by atoms with E-state index in [9.17, 15) is 4.79 Å². The van der Waals surface area contributed by atoms with Crippen molar-refractivity contribution >= 4 is 23.5 Å². The highest BCUT2D eigenvalue weighted by molar-refractivity contribution is 7.99. The number of thioether (sulfide) groups is 1. The SMILES string of the molecule is O=C1O[C@H](CSc2ccncc2)CN1c1ccccc1. The maximum Gasteiger partial charge on any atom is 0.414 e. The number of nitrogens with zero attached hydrogens (tertiary/aromatic N) is 2. The Morgan fingerprint density at radius 3 is 2.70 bits per heavy atom. The van der Waals surface area contributed by atoms with E-state index < -0.39 is 0 Å². The van der Waals surface area contributed by atoms with Gasteiger partial charge in [-0.2, -0.15) is 0 Å². The first-order valence-electron chi connectivity index (χ1n) is 6.39. The van der Waals surface area contributed by atoms with Gasteiger partial charge in [0.1, 0.15) is 6.10 Å². The Hall–Kier alpha value is -2.01. The van der Waals surface area contributed by atoms with Gasteiger partial charge in [-0.3, -0.25) is 9.88 Å². The highest BCUT2D eigenvalue weighted by atomic mass is 32.2. The molecule has 20 heavy (non-hydrogen) atoms. The molecule has 2 aromatic rings. The maximum absolute atomic E-state index is 11.9. The van der Waals surface area contributed by atoms with Crippen LogP contribution in [-0.2, 0) is 4.74 Å². The van der Waals surface area contributed by atoms with E-state index in [1.54, 1.807) is 29.1 Å². The second kappa shape index (κ2) is 5.96. The third-order valence-corrected chi connectivity index (χ3v) is 4.17. The highest BCUT2D eigenvalue weighted by Gasteiger charge is 2.32. The number of aromatic nitrogens is 1. The summed E-state index contributed by atoms with van der Waals surface area (Å²) in [6.07, 6.45) is 3.18. The van der Waals surface area contributed by atoms with Crippen LogP contribution in [0.1, 0.15) is 0 Å². The van der Waals surface area contributed by atoms with Gasteiger partial charge < -0.3 is 4.74 Å². The molecule has 0 bridgehead atoms. The number of anilines is 1. The number of rotatable bonds is 4. The summed E-state index contributed by atoms with van der Waals surface area (Å²) in [5, 5.41) is 0. The van der Waals surface area contributed by atoms with Gasteiger partial charge in [0.25, 0.3) is 0 Å². The minimum Gasteiger partial charge on any atom is -0.443 e. The predicted octanol–water partition coefficient (Wildman–Crippen LogP) is 3.20. The molecule has 0 spiro atoms. The molecule has 5 heteroatoms. The fourth-order valence-electron chi connectivity index (χ4n) is 2.05. The molecule has 102 valence electrons. The number of cyclic esters (lactones) is 1. The molecule has 0 saturated carbocycles. The monoisotopic (exact) mass is 286 g/mol. The first kappa shape index (κ1) is 13.0. The number of hydrogen-bond donors (Lipinski definition) is 0. The molecule has 1 aromatic carbocycles. The summed E-state index contributed by atoms with van der Waals surface area (Å²) in [7, 11) is 0. The summed E-state index contributed by atoms with van der Waals surface area (Å²) in [6, 6.07) is 13.5. The van der Waals surface area contributed by atoms with Gasteiger partial charge in [0, 0.05) is 28.7 Å². The van der Waals surface area contributed by atoms with Gasteiger partial charge in [-0.25, -0.2) is 4.79 Å². The number of para-hydroxylation sites is 1. The lowest BCUT2D eigenvalue weighted by molar-refractivity contribution is 0.151. The summed E-state index contributed by atoms with van der Waals surface area (Å²) < 4.78 is 5.40. The van der Waals surface area contributed by atoms with E-state index in [1.807, 2.05) is 42.5 Å². The first-order chi connectivity index (χ1) is 9.83. The van der Waals surface area contributed by atoms with E-state index in [-0.39, 0.29) is 12.2 Å². The average Bonchev–Trinajstić information content (AvgIpc) is 2.88. The molecule has 1 saturated heterocycles. The summed E-state index contributed by atoms with van der Waals surface area (Å²) in [5.74, 6) is 0.749. The Kier molecular flexibility index (Phi) is 3.87. The van der Waals surface area contributed by atoms with E-state index in [0.29, 0.717) is 6.54 Å². The largest absolute Gasteiger partial charge is 0.443 e. The minimum absolute atomic E-state index is 0.0825. The lowest BCUT2D eigenvalue weighted by atomic mass is 10.3. The molecular formula is C15H14N2O2S. The van der Waals surface area contributed by atoms with Crippen LogP contribution < -0.4 is 4.90 Å². The van der Waals surface area contributed by atoms with Crippen LogP contribution in [0, 0.1) is 0 Å². The van der Waals surface area contributed by atoms with Gasteiger partial charge in [-0.1, -0.05) is 18.2 Å². The van der Waals surface area contributed by atoms with Crippen LogP contribution in [-0.4, -0.2) is 29.5 Å². The summed E-state index contributed by atoms with van der Waals surface area (Å²) in [6.45, 7) is 0.598. The van der Waals surface area contributed by atoms with Gasteiger partial charge in [0.15, 0.2) is 0 Å². The number of pyridine rings is 1. The van der Waals surface area contributed by atoms with Gasteiger partial charge in [-0.05, 0) is 24.3 Å². The van der Waals surface area contributed by atoms with Gasteiger partial charge in [0.2, 0.25) is 0 Å². The fourth-order valence-corrected chi connectivity index (χ4v) is 2.92. The fraction of sp³-hybridized carbons (Fsp3) is 0.200. The number of hydrogen-bond acceptors (Lipinski definition) is 4. The zero-order valence-corrected chi connectivity index (χ0v) is 11.6. The molecule has 1 fully saturated rings. The molecular weight excluding hydrogens is 272 g/mol. The third-order valence-electron chi connectivity index (χ3n) is 3.03. The Morgan fingerprint density at radius 2 is 1.95 bits per heavy atom. The molecule has 1 amide bonds. The van der Waals surface area contributed by atoms with Crippen LogP contribution in [0.5, 0.6) is 0 Å². The molecule has 0 unspecified atom stereocenters. The van der Waals surface area contributed by atoms with Crippen molar-refractivity contribution < 1.29 is 9.53 Å². The van der Waals surface area contributed by atoms with E-state index in [1.165, 1.54) is 0 Å². The maximum atomic E-state index is 11.9. The van der Waals surface area contributed by atoms with Crippen molar-refractivity contribution in [3.63, 3.8) is 0 Å². The molecule has 1 aliphatic rings. The van der Waals surface area contributed by atoms with E-state index >= 15 is 0 Å². The molecule has 1 atom stereocenters.